The highest BCUT2D eigenvalue weighted by Crippen LogP contribution is 2.27. The molecule has 1 aromatic heterocycles. The van der Waals surface area contributed by atoms with Crippen LogP contribution in [0.15, 0.2) is 10.9 Å². The first-order valence-corrected chi connectivity index (χ1v) is 5.47. The van der Waals surface area contributed by atoms with E-state index in [1.165, 1.54) is 25.1 Å². The van der Waals surface area contributed by atoms with Crippen LogP contribution in [0.5, 0.6) is 0 Å². The summed E-state index contributed by atoms with van der Waals surface area (Å²) in [6, 6.07) is 0. The van der Waals surface area contributed by atoms with E-state index in [1.807, 2.05) is 5.51 Å². The third-order valence-electron chi connectivity index (χ3n) is 2.17. The summed E-state index contributed by atoms with van der Waals surface area (Å²) in [7, 11) is 0. The van der Waals surface area contributed by atoms with Crippen molar-refractivity contribution in [1.82, 2.24) is 10.3 Å². The summed E-state index contributed by atoms with van der Waals surface area (Å²) in [5, 5.41) is 5.57. The molecule has 1 N–H and O–H groups in total. The molecule has 0 saturated heterocycles. The fourth-order valence-electron chi connectivity index (χ4n) is 1.21. The van der Waals surface area contributed by atoms with Crippen LogP contribution in [0, 0.1) is 5.92 Å². The highest BCUT2D eigenvalue weighted by Gasteiger charge is 2.19. The molecule has 0 unspecified atom stereocenters. The lowest BCUT2D eigenvalue weighted by Gasteiger charge is -2.00. The zero-order valence-corrected chi connectivity index (χ0v) is 7.94. The van der Waals surface area contributed by atoms with Crippen LogP contribution in [-0.4, -0.2) is 18.1 Å². The van der Waals surface area contributed by atoms with Gasteiger partial charge in [0.1, 0.15) is 0 Å². The second-order valence-corrected chi connectivity index (χ2v) is 4.10. The molecule has 0 spiro atoms. The third kappa shape index (κ3) is 2.57. The minimum atomic E-state index is 0.987. The summed E-state index contributed by atoms with van der Waals surface area (Å²) < 4.78 is 0. The van der Waals surface area contributed by atoms with Gasteiger partial charge in [0.25, 0.3) is 0 Å². The maximum atomic E-state index is 4.23. The molecule has 2 nitrogen and oxygen atoms in total. The summed E-state index contributed by atoms with van der Waals surface area (Å²) in [5.74, 6) is 0.987. The van der Waals surface area contributed by atoms with Crippen LogP contribution in [0.1, 0.15) is 18.5 Å². The van der Waals surface area contributed by atoms with Gasteiger partial charge in [-0.1, -0.05) is 0 Å². The van der Waals surface area contributed by atoms with Crippen molar-refractivity contribution in [1.29, 1.82) is 0 Å². The van der Waals surface area contributed by atoms with Crippen molar-refractivity contribution in [3.05, 3.63) is 16.6 Å². The lowest BCUT2D eigenvalue weighted by atomic mass is 10.3. The van der Waals surface area contributed by atoms with E-state index in [1.54, 1.807) is 11.3 Å². The van der Waals surface area contributed by atoms with E-state index in [0.29, 0.717) is 0 Å². The van der Waals surface area contributed by atoms with Crippen LogP contribution in [0.25, 0.3) is 0 Å². The molecule has 1 saturated carbocycles. The van der Waals surface area contributed by atoms with Gasteiger partial charge in [-0.05, 0) is 25.3 Å². The van der Waals surface area contributed by atoms with Crippen molar-refractivity contribution >= 4 is 11.3 Å². The summed E-state index contributed by atoms with van der Waals surface area (Å²) in [6.07, 6.45) is 3.95. The highest BCUT2D eigenvalue weighted by molar-refractivity contribution is 7.07. The van der Waals surface area contributed by atoms with E-state index < -0.39 is 0 Å². The number of nitrogens with one attached hydrogen (secondary N) is 1. The Balaban J connectivity index is 1.56. The zero-order valence-electron chi connectivity index (χ0n) is 7.12. The molecule has 1 aliphatic rings. The van der Waals surface area contributed by atoms with Gasteiger partial charge >= 0.3 is 0 Å². The molecular weight excluding hydrogens is 168 g/mol. The number of hydrogen-bond acceptors (Lipinski definition) is 3. The number of nitrogens with zero attached hydrogens (tertiary/aromatic N) is 1. The molecule has 0 radical (unpaired) electrons. The van der Waals surface area contributed by atoms with E-state index in [9.17, 15) is 0 Å². The first-order valence-electron chi connectivity index (χ1n) is 4.53. The average molecular weight is 182 g/mol. The van der Waals surface area contributed by atoms with Crippen molar-refractivity contribution in [2.45, 2.75) is 19.3 Å². The maximum Gasteiger partial charge on any atom is 0.0794 e. The molecular formula is C9H14N2S. The molecule has 2 rings (SSSR count). The molecule has 1 aromatic rings. The molecule has 0 bridgehead atoms. The predicted molar refractivity (Wildman–Crippen MR) is 51.4 cm³/mol. The third-order valence-corrected chi connectivity index (χ3v) is 2.81. The molecule has 1 fully saturated rings. The van der Waals surface area contributed by atoms with Crippen LogP contribution in [-0.2, 0) is 6.42 Å². The topological polar surface area (TPSA) is 24.9 Å². The fourth-order valence-corrected chi connectivity index (χ4v) is 1.80. The normalized spacial score (nSPS) is 16.7. The van der Waals surface area contributed by atoms with Gasteiger partial charge in [0.15, 0.2) is 0 Å². The Morgan fingerprint density at radius 2 is 2.50 bits per heavy atom. The molecule has 0 aliphatic heterocycles. The number of rotatable bonds is 5. The molecule has 0 aromatic carbocycles. The molecule has 1 heterocycles. The standard InChI is InChI=1S/C9H14N2S/c1-2-8(1)5-10-4-3-9-6-12-7-11-9/h6-8,10H,1-5H2. The molecule has 0 atom stereocenters. The Hall–Kier alpha value is -0.410. The van der Waals surface area contributed by atoms with Crippen LogP contribution < -0.4 is 5.32 Å². The summed E-state index contributed by atoms with van der Waals surface area (Å²) in [6.45, 7) is 2.30. The van der Waals surface area contributed by atoms with Gasteiger partial charge < -0.3 is 5.32 Å². The van der Waals surface area contributed by atoms with Crippen molar-refractivity contribution < 1.29 is 0 Å². The smallest absolute Gasteiger partial charge is 0.0794 e. The SMILES string of the molecule is c1nc(CCNCC2CC2)cs1. The lowest BCUT2D eigenvalue weighted by molar-refractivity contribution is 0.634. The maximum absolute atomic E-state index is 4.23. The van der Waals surface area contributed by atoms with E-state index in [-0.39, 0.29) is 0 Å². The van der Waals surface area contributed by atoms with Gasteiger partial charge in [0.2, 0.25) is 0 Å². The molecule has 0 amide bonds. The Bertz CT molecular complexity index is 216. The Morgan fingerprint density at radius 1 is 1.58 bits per heavy atom. The molecule has 1 aliphatic carbocycles. The Morgan fingerprint density at radius 3 is 3.17 bits per heavy atom. The fraction of sp³-hybridized carbons (Fsp3) is 0.667. The first-order chi connectivity index (χ1) is 5.95. The summed E-state index contributed by atoms with van der Waals surface area (Å²) >= 11 is 1.68. The Labute approximate surface area is 77.0 Å². The second kappa shape index (κ2) is 4.01. The van der Waals surface area contributed by atoms with E-state index in [4.69, 9.17) is 0 Å². The minimum absolute atomic E-state index is 0.987. The van der Waals surface area contributed by atoms with Gasteiger partial charge in [0.05, 0.1) is 11.2 Å². The summed E-state index contributed by atoms with van der Waals surface area (Å²) in [4.78, 5) is 4.23. The van der Waals surface area contributed by atoms with Crippen molar-refractivity contribution in [3.63, 3.8) is 0 Å². The average Bonchev–Trinajstić information content (AvgIpc) is 2.76. The quantitative estimate of drug-likeness (QED) is 0.701. The van der Waals surface area contributed by atoms with Crippen molar-refractivity contribution in [3.8, 4) is 0 Å². The van der Waals surface area contributed by atoms with E-state index >= 15 is 0 Å². The van der Waals surface area contributed by atoms with Gasteiger partial charge in [-0.25, -0.2) is 4.98 Å². The van der Waals surface area contributed by atoms with E-state index in [0.717, 1.165) is 18.9 Å². The second-order valence-electron chi connectivity index (χ2n) is 3.38. The Kier molecular flexibility index (Phi) is 2.74. The van der Waals surface area contributed by atoms with E-state index in [2.05, 4.69) is 15.7 Å². The minimum Gasteiger partial charge on any atom is -0.316 e. The number of hydrogen-bond donors (Lipinski definition) is 1. The van der Waals surface area contributed by atoms with Crippen molar-refractivity contribution in [2.24, 2.45) is 5.92 Å². The predicted octanol–water partition coefficient (Wildman–Crippen LogP) is 1.69. The first kappa shape index (κ1) is 8.20. The monoisotopic (exact) mass is 182 g/mol. The molecule has 66 valence electrons. The van der Waals surface area contributed by atoms with Crippen molar-refractivity contribution in [2.75, 3.05) is 13.1 Å². The lowest BCUT2D eigenvalue weighted by Crippen LogP contribution is -2.19. The van der Waals surface area contributed by atoms with Crippen LogP contribution in [0.4, 0.5) is 0 Å². The van der Waals surface area contributed by atoms with Gasteiger partial charge in [-0.15, -0.1) is 11.3 Å². The number of aromatic nitrogens is 1. The molecule has 3 heteroatoms. The van der Waals surface area contributed by atoms with Crippen LogP contribution in [0.2, 0.25) is 0 Å². The van der Waals surface area contributed by atoms with Crippen LogP contribution in [0.3, 0.4) is 0 Å². The zero-order chi connectivity index (χ0) is 8.23. The summed E-state index contributed by atoms with van der Waals surface area (Å²) in [5.41, 5.74) is 3.12. The largest absolute Gasteiger partial charge is 0.316 e. The van der Waals surface area contributed by atoms with Gasteiger partial charge in [0, 0.05) is 18.3 Å². The van der Waals surface area contributed by atoms with Gasteiger partial charge in [-0.2, -0.15) is 0 Å². The highest BCUT2D eigenvalue weighted by atomic mass is 32.1. The van der Waals surface area contributed by atoms with Crippen LogP contribution >= 0.6 is 11.3 Å². The number of thiazole rings is 1. The van der Waals surface area contributed by atoms with Gasteiger partial charge in [-0.3, -0.25) is 0 Å². The molecule has 12 heavy (non-hydrogen) atoms.